The maximum atomic E-state index is 5.41. The van der Waals surface area contributed by atoms with E-state index in [4.69, 9.17) is 14.2 Å². The smallest absolute Gasteiger partial charge is 0.0701 e. The maximum Gasteiger partial charge on any atom is 0.0701 e. The summed E-state index contributed by atoms with van der Waals surface area (Å²) in [5, 5.41) is 0. The van der Waals surface area contributed by atoms with Gasteiger partial charge in [-0.05, 0) is 13.3 Å². The summed E-state index contributed by atoms with van der Waals surface area (Å²) in [5.41, 5.74) is 0. The first-order valence-electron chi connectivity index (χ1n) is 5.94. The molecule has 0 aliphatic carbocycles. The fourth-order valence-electron chi connectivity index (χ4n) is 1.17. The third-order valence-corrected chi connectivity index (χ3v) is 2.03. The molecule has 0 bridgehead atoms. The third-order valence-electron chi connectivity index (χ3n) is 2.03. The van der Waals surface area contributed by atoms with Crippen molar-refractivity contribution in [3.05, 3.63) is 6.92 Å². The van der Waals surface area contributed by atoms with Gasteiger partial charge in [-0.2, -0.15) is 0 Å². The molecule has 0 rings (SSSR count). The Morgan fingerprint density at radius 3 is 1.93 bits per heavy atom. The molecule has 0 aliphatic heterocycles. The normalized spacial score (nSPS) is 10.8. The van der Waals surface area contributed by atoms with Gasteiger partial charge >= 0.3 is 0 Å². The van der Waals surface area contributed by atoms with E-state index in [0.717, 1.165) is 6.61 Å². The van der Waals surface area contributed by atoms with Crippen LogP contribution in [0.2, 0.25) is 0 Å². The summed E-state index contributed by atoms with van der Waals surface area (Å²) >= 11 is 0. The summed E-state index contributed by atoms with van der Waals surface area (Å²) in [6, 6.07) is 0. The summed E-state index contributed by atoms with van der Waals surface area (Å²) in [5.74, 6) is 0. The molecule has 3 heteroatoms. The van der Waals surface area contributed by atoms with E-state index in [0.29, 0.717) is 33.0 Å². The Hall–Kier alpha value is -0.120. The lowest BCUT2D eigenvalue weighted by Gasteiger charge is -2.05. The highest BCUT2D eigenvalue weighted by Crippen LogP contribution is 1.98. The van der Waals surface area contributed by atoms with Gasteiger partial charge in [-0.25, -0.2) is 0 Å². The van der Waals surface area contributed by atoms with Crippen LogP contribution in [0.1, 0.15) is 32.6 Å². The van der Waals surface area contributed by atoms with Crippen molar-refractivity contribution in [2.24, 2.45) is 0 Å². The molecule has 0 N–H and O–H groups in total. The van der Waals surface area contributed by atoms with Crippen LogP contribution in [-0.4, -0.2) is 39.6 Å². The van der Waals surface area contributed by atoms with Gasteiger partial charge in [0.25, 0.3) is 0 Å². The number of hydrogen-bond donors (Lipinski definition) is 0. The molecule has 0 aromatic rings. The van der Waals surface area contributed by atoms with Crippen LogP contribution in [0.5, 0.6) is 0 Å². The average molecular weight is 217 g/mol. The van der Waals surface area contributed by atoms with Crippen molar-refractivity contribution >= 4 is 0 Å². The minimum Gasteiger partial charge on any atom is -0.379 e. The van der Waals surface area contributed by atoms with Gasteiger partial charge in [0.05, 0.1) is 26.4 Å². The Balaban J connectivity index is 2.81. The topological polar surface area (TPSA) is 27.7 Å². The molecule has 0 aliphatic rings. The molecule has 0 atom stereocenters. The van der Waals surface area contributed by atoms with Crippen LogP contribution in [-0.2, 0) is 14.2 Å². The molecule has 15 heavy (non-hydrogen) atoms. The number of hydrogen-bond acceptors (Lipinski definition) is 3. The van der Waals surface area contributed by atoms with Crippen LogP contribution in [0.25, 0.3) is 0 Å². The van der Waals surface area contributed by atoms with Crippen molar-refractivity contribution in [2.75, 3.05) is 39.6 Å². The minimum absolute atomic E-state index is 0.511. The van der Waals surface area contributed by atoms with E-state index in [1.807, 2.05) is 0 Å². The fourth-order valence-corrected chi connectivity index (χ4v) is 1.17. The van der Waals surface area contributed by atoms with E-state index in [-0.39, 0.29) is 0 Å². The molecule has 91 valence electrons. The van der Waals surface area contributed by atoms with E-state index in [9.17, 15) is 0 Å². The van der Waals surface area contributed by atoms with Gasteiger partial charge in [0, 0.05) is 13.2 Å². The zero-order valence-electron chi connectivity index (χ0n) is 10.0. The average Bonchev–Trinajstić information content (AvgIpc) is 2.26. The molecule has 0 aromatic carbocycles. The predicted molar refractivity (Wildman–Crippen MR) is 62.0 cm³/mol. The zero-order chi connectivity index (χ0) is 11.2. The van der Waals surface area contributed by atoms with Crippen molar-refractivity contribution < 1.29 is 14.2 Å². The molecule has 0 saturated carbocycles. The number of unbranched alkanes of at least 4 members (excludes halogenated alkanes) is 3. The summed E-state index contributed by atoms with van der Waals surface area (Å²) in [6.07, 6.45) is 5.02. The van der Waals surface area contributed by atoms with Crippen LogP contribution >= 0.6 is 0 Å². The van der Waals surface area contributed by atoms with Crippen molar-refractivity contribution in [2.45, 2.75) is 32.6 Å². The highest BCUT2D eigenvalue weighted by molar-refractivity contribution is 4.40. The second kappa shape index (κ2) is 13.9. The molecule has 0 saturated heterocycles. The molecule has 0 unspecified atom stereocenters. The van der Waals surface area contributed by atoms with Gasteiger partial charge in [-0.3, -0.25) is 0 Å². The van der Waals surface area contributed by atoms with Crippen LogP contribution in [0.4, 0.5) is 0 Å². The Morgan fingerprint density at radius 1 is 0.733 bits per heavy atom. The van der Waals surface area contributed by atoms with Crippen molar-refractivity contribution in [3.63, 3.8) is 0 Å². The lowest BCUT2D eigenvalue weighted by Crippen LogP contribution is -2.09. The van der Waals surface area contributed by atoms with Gasteiger partial charge < -0.3 is 14.2 Å². The van der Waals surface area contributed by atoms with Crippen LogP contribution in [0.15, 0.2) is 0 Å². The van der Waals surface area contributed by atoms with Crippen molar-refractivity contribution in [3.8, 4) is 0 Å². The first-order valence-corrected chi connectivity index (χ1v) is 5.94. The molecule has 0 aromatic heterocycles. The van der Waals surface area contributed by atoms with E-state index < -0.39 is 0 Å². The van der Waals surface area contributed by atoms with E-state index >= 15 is 0 Å². The maximum absolute atomic E-state index is 5.41. The Morgan fingerprint density at radius 2 is 1.33 bits per heavy atom. The highest BCUT2D eigenvalue weighted by Gasteiger charge is 1.91. The zero-order valence-corrected chi connectivity index (χ0v) is 10.0. The van der Waals surface area contributed by atoms with Gasteiger partial charge in [0.15, 0.2) is 0 Å². The van der Waals surface area contributed by atoms with Crippen molar-refractivity contribution in [1.29, 1.82) is 0 Å². The van der Waals surface area contributed by atoms with E-state index in [2.05, 4.69) is 13.8 Å². The summed E-state index contributed by atoms with van der Waals surface area (Å²) in [4.78, 5) is 0. The molecular formula is C12H25O3. The van der Waals surface area contributed by atoms with E-state index in [1.54, 1.807) is 0 Å². The first kappa shape index (κ1) is 14.9. The fraction of sp³-hybridized carbons (Fsp3) is 0.917. The highest BCUT2D eigenvalue weighted by atomic mass is 16.5. The van der Waals surface area contributed by atoms with Gasteiger partial charge in [0.1, 0.15) is 0 Å². The largest absolute Gasteiger partial charge is 0.379 e. The van der Waals surface area contributed by atoms with Gasteiger partial charge in [-0.1, -0.05) is 26.2 Å². The Bertz CT molecular complexity index is 95.0. The third kappa shape index (κ3) is 13.9. The molecule has 3 nitrogen and oxygen atoms in total. The lowest BCUT2D eigenvalue weighted by molar-refractivity contribution is 0.0185. The molecule has 0 amide bonds. The number of rotatable bonds is 12. The summed E-state index contributed by atoms with van der Waals surface area (Å²) in [6.45, 7) is 9.76. The summed E-state index contributed by atoms with van der Waals surface area (Å²) < 4.78 is 15.7. The molecule has 0 fully saturated rings. The standard InChI is InChI=1S/C12H25O3/c1-3-5-6-7-8-14-11-12-15-10-9-13-4-2/h2-12H2,1H3. The molecular weight excluding hydrogens is 192 g/mol. The minimum atomic E-state index is 0.511. The second-order valence-electron chi connectivity index (χ2n) is 3.40. The van der Waals surface area contributed by atoms with Gasteiger partial charge in [-0.15, -0.1) is 0 Å². The van der Waals surface area contributed by atoms with Crippen LogP contribution in [0, 0.1) is 6.92 Å². The first-order chi connectivity index (χ1) is 7.41. The lowest BCUT2D eigenvalue weighted by atomic mass is 10.2. The van der Waals surface area contributed by atoms with Crippen molar-refractivity contribution in [1.82, 2.24) is 0 Å². The monoisotopic (exact) mass is 217 g/mol. The number of ether oxygens (including phenoxy) is 3. The summed E-state index contributed by atoms with van der Waals surface area (Å²) in [7, 11) is 0. The SMILES string of the molecule is [CH2]COCCOCCOCCCCCC. The van der Waals surface area contributed by atoms with Gasteiger partial charge in [0.2, 0.25) is 0 Å². The molecule has 0 heterocycles. The van der Waals surface area contributed by atoms with Crippen LogP contribution in [0.3, 0.4) is 0 Å². The van der Waals surface area contributed by atoms with E-state index in [1.165, 1.54) is 25.7 Å². The second-order valence-corrected chi connectivity index (χ2v) is 3.40. The molecule has 1 radical (unpaired) electrons. The quantitative estimate of drug-likeness (QED) is 0.470. The Labute approximate surface area is 94.1 Å². The van der Waals surface area contributed by atoms with Crippen LogP contribution < -0.4 is 0 Å². The predicted octanol–water partition coefficient (Wildman–Crippen LogP) is 2.45. The molecule has 0 spiro atoms. The Kier molecular flexibility index (Phi) is 13.8.